The fraction of sp³-hybridized carbons (Fsp3) is 0.680. The van der Waals surface area contributed by atoms with Gasteiger partial charge in [-0.15, -0.1) is 0 Å². The number of amides is 1. The Labute approximate surface area is 187 Å². The molecule has 1 aromatic carbocycles. The van der Waals surface area contributed by atoms with E-state index in [9.17, 15) is 9.59 Å². The zero-order chi connectivity index (χ0) is 23.3. The third kappa shape index (κ3) is 6.62. The monoisotopic (exact) mass is 432 g/mol. The van der Waals surface area contributed by atoms with Crippen LogP contribution in [0.15, 0.2) is 18.2 Å². The molecule has 3 atom stereocenters. The number of benzene rings is 1. The van der Waals surface area contributed by atoms with Crippen LogP contribution in [-0.2, 0) is 16.0 Å². The molecule has 0 aliphatic carbocycles. The summed E-state index contributed by atoms with van der Waals surface area (Å²) in [6.07, 6.45) is 1.41. The lowest BCUT2D eigenvalue weighted by atomic mass is 9.77. The van der Waals surface area contributed by atoms with Crippen LogP contribution in [0.25, 0.3) is 0 Å². The lowest BCUT2D eigenvalue weighted by Gasteiger charge is -2.39. The molecule has 0 spiro atoms. The maximum atomic E-state index is 13.3. The van der Waals surface area contributed by atoms with Crippen molar-refractivity contribution in [1.82, 2.24) is 5.32 Å². The van der Waals surface area contributed by atoms with E-state index in [1.54, 1.807) is 0 Å². The van der Waals surface area contributed by atoms with Crippen molar-refractivity contribution in [2.75, 3.05) is 25.1 Å². The summed E-state index contributed by atoms with van der Waals surface area (Å²) in [5.41, 5.74) is 1.78. The van der Waals surface area contributed by atoms with Gasteiger partial charge >= 0.3 is 6.09 Å². The first-order valence-corrected chi connectivity index (χ1v) is 11.4. The maximum Gasteiger partial charge on any atom is 0.407 e. The number of ether oxygens (including phenoxy) is 2. The number of nitrogens with zero attached hydrogens (tertiary/aromatic N) is 1. The van der Waals surface area contributed by atoms with Gasteiger partial charge in [-0.1, -0.05) is 40.2 Å². The fourth-order valence-electron chi connectivity index (χ4n) is 4.35. The highest BCUT2D eigenvalue weighted by Gasteiger charge is 2.36. The molecule has 1 N–H and O–H groups in total. The van der Waals surface area contributed by atoms with E-state index >= 15 is 0 Å². The number of likely N-dealkylation sites (N-methyl/N-ethyl adjacent to an activating group) is 1. The number of anilines is 1. The van der Waals surface area contributed by atoms with Crippen molar-refractivity contribution < 1.29 is 19.1 Å². The molecule has 6 heteroatoms. The standard InChI is InChI=1S/C25H40N2O4/c1-9-18-14-19-10-11-20(30-13-12-26-24(29)31-25(5,6)7)15-21(19)27(8)22(16(2)3)23(28)17(18)4/h10-11,15-18,22H,9,12-14H2,1-8H3,(H,26,29). The van der Waals surface area contributed by atoms with E-state index in [0.717, 1.165) is 24.3 Å². The average Bonchev–Trinajstić information content (AvgIpc) is 2.67. The smallest absolute Gasteiger partial charge is 0.407 e. The SMILES string of the molecule is CCC1Cc2ccc(OCCNC(=O)OC(C)(C)C)cc2N(C)C(C(C)C)C(=O)C1C. The molecule has 0 bridgehead atoms. The normalized spacial score (nSPS) is 21.9. The Balaban J connectivity index is 2.14. The van der Waals surface area contributed by atoms with Crippen molar-refractivity contribution in [3.8, 4) is 5.75 Å². The first kappa shape index (κ1) is 25.0. The van der Waals surface area contributed by atoms with Gasteiger partial charge in [0.25, 0.3) is 0 Å². The van der Waals surface area contributed by atoms with Crippen LogP contribution in [0.5, 0.6) is 5.75 Å². The Morgan fingerprint density at radius 2 is 1.97 bits per heavy atom. The predicted molar refractivity (Wildman–Crippen MR) is 125 cm³/mol. The first-order valence-electron chi connectivity index (χ1n) is 11.4. The van der Waals surface area contributed by atoms with Gasteiger partial charge in [-0.05, 0) is 50.7 Å². The van der Waals surface area contributed by atoms with Crippen LogP contribution in [0.1, 0.15) is 60.5 Å². The minimum atomic E-state index is -0.524. The number of Topliss-reactive ketones (excluding diaryl/α,β-unsaturated/α-hetero) is 1. The van der Waals surface area contributed by atoms with Gasteiger partial charge in [0.1, 0.15) is 18.0 Å². The second-order valence-electron chi connectivity index (χ2n) is 9.93. The van der Waals surface area contributed by atoms with Gasteiger partial charge in [-0.2, -0.15) is 0 Å². The molecule has 1 aromatic rings. The second-order valence-corrected chi connectivity index (χ2v) is 9.93. The van der Waals surface area contributed by atoms with Crippen LogP contribution in [0.4, 0.5) is 10.5 Å². The molecule has 1 amide bonds. The third-order valence-corrected chi connectivity index (χ3v) is 5.98. The molecule has 0 saturated heterocycles. The molecule has 31 heavy (non-hydrogen) atoms. The van der Waals surface area contributed by atoms with Crippen molar-refractivity contribution >= 4 is 17.6 Å². The summed E-state index contributed by atoms with van der Waals surface area (Å²) in [6, 6.07) is 5.96. The number of alkyl carbamates (subject to hydrolysis) is 1. The van der Waals surface area contributed by atoms with E-state index in [-0.39, 0.29) is 17.9 Å². The lowest BCUT2D eigenvalue weighted by Crippen LogP contribution is -2.48. The molecule has 2 rings (SSSR count). The molecule has 0 fully saturated rings. The molecule has 6 nitrogen and oxygen atoms in total. The van der Waals surface area contributed by atoms with Crippen molar-refractivity contribution in [1.29, 1.82) is 0 Å². The summed E-state index contributed by atoms with van der Waals surface area (Å²) in [7, 11) is 2.01. The number of rotatable bonds is 6. The lowest BCUT2D eigenvalue weighted by molar-refractivity contribution is -0.126. The highest BCUT2D eigenvalue weighted by Crippen LogP contribution is 2.36. The van der Waals surface area contributed by atoms with Crippen molar-refractivity contribution in [2.45, 2.75) is 73.0 Å². The highest BCUT2D eigenvalue weighted by molar-refractivity contribution is 5.90. The summed E-state index contributed by atoms with van der Waals surface area (Å²) in [5, 5.41) is 2.70. The topological polar surface area (TPSA) is 67.9 Å². The number of fused-ring (bicyclic) bond motifs is 1. The quantitative estimate of drug-likeness (QED) is 0.652. The van der Waals surface area contributed by atoms with Crippen LogP contribution < -0.4 is 15.0 Å². The van der Waals surface area contributed by atoms with Crippen molar-refractivity contribution in [3.63, 3.8) is 0 Å². The fourth-order valence-corrected chi connectivity index (χ4v) is 4.35. The molecule has 0 aromatic heterocycles. The molecule has 1 heterocycles. The third-order valence-electron chi connectivity index (χ3n) is 5.98. The number of nitrogens with one attached hydrogen (secondary N) is 1. The van der Waals surface area contributed by atoms with Crippen LogP contribution in [0.3, 0.4) is 0 Å². The van der Waals surface area contributed by atoms with Gasteiger partial charge in [0.2, 0.25) is 0 Å². The number of carbonyl (C=O) groups excluding carboxylic acids is 2. The minimum Gasteiger partial charge on any atom is -0.492 e. The van der Waals surface area contributed by atoms with Crippen LogP contribution in [0, 0.1) is 17.8 Å². The minimum absolute atomic E-state index is 0.0443. The molecule has 3 unspecified atom stereocenters. The second kappa shape index (κ2) is 10.4. The number of hydrogen-bond donors (Lipinski definition) is 1. The molecule has 0 saturated carbocycles. The van der Waals surface area contributed by atoms with Gasteiger partial charge < -0.3 is 19.7 Å². The summed E-state index contributed by atoms with van der Waals surface area (Å²) in [5.74, 6) is 1.65. The molecule has 174 valence electrons. The van der Waals surface area contributed by atoms with Gasteiger partial charge in [-0.25, -0.2) is 4.79 Å². The predicted octanol–water partition coefficient (Wildman–Crippen LogP) is 4.84. The van der Waals surface area contributed by atoms with E-state index in [0.29, 0.717) is 24.9 Å². The van der Waals surface area contributed by atoms with Crippen LogP contribution in [-0.4, -0.2) is 43.7 Å². The number of hydrogen-bond acceptors (Lipinski definition) is 5. The summed E-state index contributed by atoms with van der Waals surface area (Å²) in [4.78, 5) is 27.1. The highest BCUT2D eigenvalue weighted by atomic mass is 16.6. The van der Waals surface area contributed by atoms with E-state index in [1.165, 1.54) is 5.56 Å². The van der Waals surface area contributed by atoms with Gasteiger partial charge in [-0.3, -0.25) is 4.79 Å². The Bertz CT molecular complexity index is 769. The molecule has 1 aliphatic heterocycles. The summed E-state index contributed by atoms with van der Waals surface area (Å²) < 4.78 is 11.1. The van der Waals surface area contributed by atoms with E-state index < -0.39 is 11.7 Å². The zero-order valence-corrected chi connectivity index (χ0v) is 20.5. The Kier molecular flexibility index (Phi) is 8.38. The van der Waals surface area contributed by atoms with E-state index in [4.69, 9.17) is 9.47 Å². The Morgan fingerprint density at radius 3 is 2.55 bits per heavy atom. The zero-order valence-electron chi connectivity index (χ0n) is 20.5. The van der Waals surface area contributed by atoms with Crippen molar-refractivity contribution in [2.24, 2.45) is 17.8 Å². The molecular weight excluding hydrogens is 392 g/mol. The average molecular weight is 433 g/mol. The summed E-state index contributed by atoms with van der Waals surface area (Å²) >= 11 is 0. The van der Waals surface area contributed by atoms with Crippen LogP contribution in [0.2, 0.25) is 0 Å². The maximum absolute atomic E-state index is 13.3. The van der Waals surface area contributed by atoms with Gasteiger partial charge in [0, 0.05) is 24.7 Å². The molecule has 1 aliphatic rings. The number of carbonyl (C=O) groups is 2. The molecule has 0 radical (unpaired) electrons. The number of ketones is 1. The van der Waals surface area contributed by atoms with Crippen molar-refractivity contribution in [3.05, 3.63) is 23.8 Å². The van der Waals surface area contributed by atoms with Gasteiger partial charge in [0.15, 0.2) is 5.78 Å². The summed E-state index contributed by atoms with van der Waals surface area (Å²) in [6.45, 7) is 14.6. The van der Waals surface area contributed by atoms with E-state index in [1.807, 2.05) is 40.0 Å². The largest absolute Gasteiger partial charge is 0.492 e. The van der Waals surface area contributed by atoms with E-state index in [2.05, 4.69) is 44.0 Å². The Morgan fingerprint density at radius 1 is 1.29 bits per heavy atom. The molecular formula is C25H40N2O4. The van der Waals surface area contributed by atoms with Gasteiger partial charge in [0.05, 0.1) is 12.6 Å². The first-order chi connectivity index (χ1) is 14.4. The Hall–Kier alpha value is -2.24. The van der Waals surface area contributed by atoms with Crippen LogP contribution >= 0.6 is 0 Å².